The zero-order valence-electron chi connectivity index (χ0n) is 16.3. The van der Waals surface area contributed by atoms with Crippen molar-refractivity contribution in [1.82, 2.24) is 14.8 Å². The molecule has 0 amide bonds. The summed E-state index contributed by atoms with van der Waals surface area (Å²) >= 11 is 0. The van der Waals surface area contributed by atoms with Crippen LogP contribution >= 0.6 is 0 Å². The van der Waals surface area contributed by atoms with Gasteiger partial charge >= 0.3 is 5.97 Å². The average Bonchev–Trinajstić information content (AvgIpc) is 3.03. The van der Waals surface area contributed by atoms with Crippen LogP contribution in [-0.2, 0) is 0 Å². The minimum atomic E-state index is -0.984. The van der Waals surface area contributed by atoms with Crippen LogP contribution in [0, 0.1) is 0 Å². The summed E-state index contributed by atoms with van der Waals surface area (Å²) < 4.78 is 1.68. The Hall–Kier alpha value is -3.93. The van der Waals surface area contributed by atoms with E-state index in [1.165, 1.54) is 12.1 Å². The van der Waals surface area contributed by atoms with Crippen LogP contribution in [0.4, 0.5) is 0 Å². The Balaban J connectivity index is 1.86. The van der Waals surface area contributed by atoms with E-state index in [0.29, 0.717) is 29.3 Å². The molecule has 2 aromatic rings. The van der Waals surface area contributed by atoms with Crippen molar-refractivity contribution in [2.24, 2.45) is 0 Å². The van der Waals surface area contributed by atoms with Gasteiger partial charge in [-0.2, -0.15) is 0 Å². The maximum Gasteiger partial charge on any atom is 0.335 e. The van der Waals surface area contributed by atoms with E-state index in [0.717, 1.165) is 18.4 Å². The van der Waals surface area contributed by atoms with Crippen molar-refractivity contribution in [3.05, 3.63) is 102 Å². The van der Waals surface area contributed by atoms with E-state index in [2.05, 4.69) is 17.3 Å². The van der Waals surface area contributed by atoms with E-state index < -0.39 is 5.97 Å². The fraction of sp³-hybridized carbons (Fsp3) is 0.125. The standard InChI is InChI=1S/C24H21N3O3/c28-21-12-8-4-7-11-20(21)22-25-23(17-9-5-2-1-3-6-10-17)27(26-22)19-15-13-18(14-16-19)24(29)30/h2,4-7,9-16,28H,1,3,8H2,(H,29,30)/b5-2-,10-6-,17-9+. The number of rotatable bonds is 4. The number of aromatic carboxylic acids is 1. The van der Waals surface area contributed by atoms with Gasteiger partial charge in [0.25, 0.3) is 0 Å². The normalized spacial score (nSPS) is 20.1. The van der Waals surface area contributed by atoms with E-state index in [1.54, 1.807) is 29.0 Å². The quantitative estimate of drug-likeness (QED) is 0.752. The van der Waals surface area contributed by atoms with Crippen LogP contribution in [0.1, 0.15) is 41.3 Å². The van der Waals surface area contributed by atoms with E-state index in [4.69, 9.17) is 4.98 Å². The fourth-order valence-corrected chi connectivity index (χ4v) is 3.22. The molecule has 0 saturated heterocycles. The van der Waals surface area contributed by atoms with Gasteiger partial charge in [-0.15, -0.1) is 5.10 Å². The number of allylic oxidation sites excluding steroid dienone is 11. The molecule has 2 aliphatic carbocycles. The molecule has 4 rings (SSSR count). The summed E-state index contributed by atoms with van der Waals surface area (Å²) in [7, 11) is 0. The molecule has 30 heavy (non-hydrogen) atoms. The highest BCUT2D eigenvalue weighted by Crippen LogP contribution is 2.26. The number of benzene rings is 1. The van der Waals surface area contributed by atoms with E-state index in [1.807, 2.05) is 30.4 Å². The zero-order valence-corrected chi connectivity index (χ0v) is 16.3. The smallest absolute Gasteiger partial charge is 0.335 e. The number of aliphatic hydroxyl groups excluding tert-OH is 1. The molecule has 1 aromatic carbocycles. The monoisotopic (exact) mass is 399 g/mol. The van der Waals surface area contributed by atoms with Crippen molar-refractivity contribution < 1.29 is 15.0 Å². The van der Waals surface area contributed by atoms with Crippen molar-refractivity contribution in [3.8, 4) is 5.69 Å². The number of hydrogen-bond acceptors (Lipinski definition) is 4. The van der Waals surface area contributed by atoms with Gasteiger partial charge in [0.05, 0.1) is 16.8 Å². The van der Waals surface area contributed by atoms with Crippen LogP contribution < -0.4 is 0 Å². The van der Waals surface area contributed by atoms with Crippen molar-refractivity contribution in [2.45, 2.75) is 19.3 Å². The lowest BCUT2D eigenvalue weighted by molar-refractivity contribution is 0.0697. The first kappa shape index (κ1) is 19.4. The highest BCUT2D eigenvalue weighted by atomic mass is 16.4. The number of carboxylic acid groups (broad SMARTS) is 1. The van der Waals surface area contributed by atoms with Gasteiger partial charge < -0.3 is 10.2 Å². The zero-order chi connectivity index (χ0) is 20.9. The highest BCUT2D eigenvalue weighted by molar-refractivity contribution is 5.87. The van der Waals surface area contributed by atoms with E-state index >= 15 is 0 Å². The van der Waals surface area contributed by atoms with Gasteiger partial charge in [0, 0.05) is 5.57 Å². The van der Waals surface area contributed by atoms with Gasteiger partial charge in [-0.05, 0) is 55.7 Å². The molecular weight excluding hydrogens is 378 g/mol. The highest BCUT2D eigenvalue weighted by Gasteiger charge is 2.19. The molecule has 0 saturated carbocycles. The van der Waals surface area contributed by atoms with Gasteiger partial charge in [-0.1, -0.05) is 42.5 Å². The number of nitrogens with zero attached hydrogens (tertiary/aromatic N) is 3. The summed E-state index contributed by atoms with van der Waals surface area (Å²) in [6, 6.07) is 6.48. The summed E-state index contributed by atoms with van der Waals surface area (Å²) in [6.45, 7) is 0. The summed E-state index contributed by atoms with van der Waals surface area (Å²) in [5, 5.41) is 24.3. The van der Waals surface area contributed by atoms with Crippen molar-refractivity contribution in [1.29, 1.82) is 0 Å². The lowest BCUT2D eigenvalue weighted by Crippen LogP contribution is -2.04. The van der Waals surface area contributed by atoms with Crippen LogP contribution in [-0.4, -0.2) is 30.9 Å². The maximum absolute atomic E-state index is 11.2. The Labute approximate surface area is 174 Å². The third-order valence-electron chi connectivity index (χ3n) is 4.80. The Bertz CT molecular complexity index is 1140. The second-order valence-corrected chi connectivity index (χ2v) is 6.89. The van der Waals surface area contributed by atoms with Gasteiger partial charge in [-0.25, -0.2) is 14.5 Å². The Morgan fingerprint density at radius 2 is 1.77 bits per heavy atom. The van der Waals surface area contributed by atoms with Crippen LogP contribution in [0.5, 0.6) is 0 Å². The molecule has 1 heterocycles. The minimum Gasteiger partial charge on any atom is -0.508 e. The minimum absolute atomic E-state index is 0.131. The summed E-state index contributed by atoms with van der Waals surface area (Å²) in [5.74, 6) is 0.153. The number of hydrogen-bond donors (Lipinski definition) is 2. The molecule has 150 valence electrons. The first-order valence-corrected chi connectivity index (χ1v) is 9.75. The first-order chi connectivity index (χ1) is 14.6. The molecular formula is C24H21N3O3. The van der Waals surface area contributed by atoms with Crippen molar-refractivity contribution in [3.63, 3.8) is 0 Å². The van der Waals surface area contributed by atoms with Crippen molar-refractivity contribution >= 4 is 17.1 Å². The van der Waals surface area contributed by atoms with Crippen LogP contribution in [0.15, 0.2) is 84.7 Å². The predicted octanol–water partition coefficient (Wildman–Crippen LogP) is 5.04. The second kappa shape index (κ2) is 8.61. The van der Waals surface area contributed by atoms with Crippen LogP contribution in [0.2, 0.25) is 0 Å². The molecule has 0 aliphatic heterocycles. The maximum atomic E-state index is 11.2. The Morgan fingerprint density at radius 1 is 1.00 bits per heavy atom. The molecule has 2 N–H and O–H groups in total. The molecule has 0 unspecified atom stereocenters. The third-order valence-corrected chi connectivity index (χ3v) is 4.80. The molecule has 6 heteroatoms. The molecule has 0 radical (unpaired) electrons. The van der Waals surface area contributed by atoms with Gasteiger partial charge in [0.2, 0.25) is 0 Å². The van der Waals surface area contributed by atoms with Gasteiger partial charge in [-0.3, -0.25) is 0 Å². The van der Waals surface area contributed by atoms with E-state index in [-0.39, 0.29) is 11.3 Å². The third kappa shape index (κ3) is 4.07. The summed E-state index contributed by atoms with van der Waals surface area (Å²) in [5.41, 5.74) is 2.30. The predicted molar refractivity (Wildman–Crippen MR) is 116 cm³/mol. The second-order valence-electron chi connectivity index (χ2n) is 6.89. The number of aliphatic hydroxyl groups is 1. The largest absolute Gasteiger partial charge is 0.508 e. The Kier molecular flexibility index (Phi) is 5.57. The molecule has 0 spiro atoms. The van der Waals surface area contributed by atoms with E-state index in [9.17, 15) is 15.0 Å². The lowest BCUT2D eigenvalue weighted by Gasteiger charge is -2.07. The molecule has 1 aromatic heterocycles. The fourth-order valence-electron chi connectivity index (χ4n) is 3.22. The lowest BCUT2D eigenvalue weighted by atomic mass is 10.1. The molecule has 2 aliphatic rings. The SMILES string of the molecule is O=C(O)c1ccc(-n2nc(C3=CC=CCC=C3O)nc2C2=C/C=C\CC/C=C\2)cc1. The molecule has 0 bridgehead atoms. The Morgan fingerprint density at radius 3 is 2.57 bits per heavy atom. The number of carbonyl (C=O) groups is 1. The number of carboxylic acids is 1. The van der Waals surface area contributed by atoms with Gasteiger partial charge in [0.1, 0.15) is 5.76 Å². The average molecular weight is 399 g/mol. The van der Waals surface area contributed by atoms with Gasteiger partial charge in [0.15, 0.2) is 11.6 Å². The molecule has 6 nitrogen and oxygen atoms in total. The molecule has 0 fully saturated rings. The van der Waals surface area contributed by atoms with Crippen molar-refractivity contribution in [2.75, 3.05) is 0 Å². The van der Waals surface area contributed by atoms with Crippen LogP contribution in [0.25, 0.3) is 16.8 Å². The van der Waals surface area contributed by atoms with Crippen LogP contribution in [0.3, 0.4) is 0 Å². The molecule has 0 atom stereocenters. The summed E-state index contributed by atoms with van der Waals surface area (Å²) in [6.07, 6.45) is 20.0. The number of aromatic nitrogens is 3. The topological polar surface area (TPSA) is 88.2 Å². The summed E-state index contributed by atoms with van der Waals surface area (Å²) in [4.78, 5) is 15.9. The first-order valence-electron chi connectivity index (χ1n) is 9.75.